The van der Waals surface area contributed by atoms with Crippen LogP contribution in [0, 0.1) is 12.7 Å². The third kappa shape index (κ3) is 4.35. The Hall–Kier alpha value is -1.91. The van der Waals surface area contributed by atoms with Gasteiger partial charge < -0.3 is 10.6 Å². The fourth-order valence-electron chi connectivity index (χ4n) is 1.55. The zero-order valence-corrected chi connectivity index (χ0v) is 11.4. The van der Waals surface area contributed by atoms with Crippen LogP contribution in [0.15, 0.2) is 18.2 Å². The summed E-state index contributed by atoms with van der Waals surface area (Å²) < 4.78 is 13.5. The maximum absolute atomic E-state index is 13.5. The van der Waals surface area contributed by atoms with Gasteiger partial charge in [0.05, 0.1) is 5.56 Å². The largest absolute Gasteiger partial charge is 0.354 e. The first-order valence-electron chi connectivity index (χ1n) is 6.30. The van der Waals surface area contributed by atoms with Gasteiger partial charge in [0.2, 0.25) is 5.91 Å². The lowest BCUT2D eigenvalue weighted by molar-refractivity contribution is -0.122. The molecule has 0 heterocycles. The van der Waals surface area contributed by atoms with Gasteiger partial charge >= 0.3 is 0 Å². The Morgan fingerprint density at radius 1 is 1.37 bits per heavy atom. The van der Waals surface area contributed by atoms with Crippen LogP contribution in [0.25, 0.3) is 0 Å². The summed E-state index contributed by atoms with van der Waals surface area (Å²) in [5.74, 6) is -1.45. The number of carbonyl (C=O) groups is 2. The predicted octanol–water partition coefficient (Wildman–Crippen LogP) is 1.78. The van der Waals surface area contributed by atoms with E-state index in [1.54, 1.807) is 19.9 Å². The quantitative estimate of drug-likeness (QED) is 0.853. The predicted molar refractivity (Wildman–Crippen MR) is 71.4 cm³/mol. The molecule has 0 aliphatic carbocycles. The minimum absolute atomic E-state index is 0.0462. The van der Waals surface area contributed by atoms with Crippen LogP contribution < -0.4 is 10.6 Å². The number of amides is 2. The minimum atomic E-state index is -0.695. The maximum Gasteiger partial charge on any atom is 0.254 e. The average Bonchev–Trinajstić information content (AvgIpc) is 2.38. The summed E-state index contributed by atoms with van der Waals surface area (Å²) in [6.45, 7) is 5.83. The van der Waals surface area contributed by atoms with Crippen LogP contribution >= 0.6 is 0 Å². The van der Waals surface area contributed by atoms with Gasteiger partial charge in [-0.2, -0.15) is 0 Å². The number of hydrogen-bond acceptors (Lipinski definition) is 2. The number of hydrogen-bond donors (Lipinski definition) is 2. The van der Waals surface area contributed by atoms with Gasteiger partial charge in [-0.15, -0.1) is 0 Å². The highest BCUT2D eigenvalue weighted by molar-refractivity contribution is 5.97. The van der Waals surface area contributed by atoms with Crippen molar-refractivity contribution in [3.05, 3.63) is 35.1 Å². The number of nitrogens with one attached hydrogen (secondary N) is 2. The lowest BCUT2D eigenvalue weighted by Gasteiger charge is -2.14. The Bertz CT molecular complexity index is 475. The Morgan fingerprint density at radius 3 is 2.68 bits per heavy atom. The highest BCUT2D eigenvalue weighted by Crippen LogP contribution is 2.10. The molecule has 104 valence electrons. The van der Waals surface area contributed by atoms with Gasteiger partial charge in [0.25, 0.3) is 5.91 Å². The van der Waals surface area contributed by atoms with E-state index in [0.717, 1.165) is 12.0 Å². The van der Waals surface area contributed by atoms with Gasteiger partial charge in [-0.05, 0) is 32.4 Å². The van der Waals surface area contributed by atoms with Gasteiger partial charge in [0.15, 0.2) is 0 Å². The van der Waals surface area contributed by atoms with E-state index in [-0.39, 0.29) is 11.5 Å². The standard InChI is InChI=1S/C14H19FN2O2/c1-4-7-16-13(18)10(3)17-14(19)11-8-9(2)5-6-12(11)15/h5-6,8,10H,4,7H2,1-3H3,(H,16,18)(H,17,19). The SMILES string of the molecule is CCCNC(=O)C(C)NC(=O)c1cc(C)ccc1F. The molecule has 0 saturated heterocycles. The molecule has 0 saturated carbocycles. The zero-order valence-electron chi connectivity index (χ0n) is 11.4. The van der Waals surface area contributed by atoms with Gasteiger partial charge in [-0.1, -0.05) is 18.6 Å². The molecule has 0 fully saturated rings. The van der Waals surface area contributed by atoms with Crippen LogP contribution in [0.1, 0.15) is 36.2 Å². The monoisotopic (exact) mass is 266 g/mol. The smallest absolute Gasteiger partial charge is 0.254 e. The molecular formula is C14H19FN2O2. The summed E-state index contributed by atoms with van der Waals surface area (Å²) in [7, 11) is 0. The molecule has 0 aromatic heterocycles. The van der Waals surface area contributed by atoms with Crippen molar-refractivity contribution in [2.45, 2.75) is 33.2 Å². The molecule has 1 aromatic carbocycles. The molecule has 1 atom stereocenters. The number of halogens is 1. The van der Waals surface area contributed by atoms with Crippen molar-refractivity contribution >= 4 is 11.8 Å². The third-order valence-corrected chi connectivity index (χ3v) is 2.66. The molecule has 19 heavy (non-hydrogen) atoms. The Labute approximate surface area is 112 Å². The Kier molecular flexibility index (Phi) is 5.48. The molecule has 0 spiro atoms. The maximum atomic E-state index is 13.5. The molecule has 0 radical (unpaired) electrons. The van der Waals surface area contributed by atoms with Crippen molar-refractivity contribution < 1.29 is 14.0 Å². The van der Waals surface area contributed by atoms with Crippen molar-refractivity contribution in [1.29, 1.82) is 0 Å². The van der Waals surface area contributed by atoms with E-state index < -0.39 is 17.8 Å². The first kappa shape index (κ1) is 15.1. The van der Waals surface area contributed by atoms with E-state index in [1.807, 2.05) is 6.92 Å². The summed E-state index contributed by atoms with van der Waals surface area (Å²) in [4.78, 5) is 23.5. The second kappa shape index (κ2) is 6.87. The van der Waals surface area contributed by atoms with E-state index in [1.165, 1.54) is 12.1 Å². The second-order valence-electron chi connectivity index (χ2n) is 4.47. The summed E-state index contributed by atoms with van der Waals surface area (Å²) in [6.07, 6.45) is 0.818. The zero-order chi connectivity index (χ0) is 14.4. The summed E-state index contributed by atoms with van der Waals surface area (Å²) >= 11 is 0. The van der Waals surface area contributed by atoms with Crippen LogP contribution in [0.3, 0.4) is 0 Å². The third-order valence-electron chi connectivity index (χ3n) is 2.66. The van der Waals surface area contributed by atoms with Crippen molar-refractivity contribution in [2.75, 3.05) is 6.54 Å². The topological polar surface area (TPSA) is 58.2 Å². The molecule has 4 nitrogen and oxygen atoms in total. The fourth-order valence-corrected chi connectivity index (χ4v) is 1.55. The fraction of sp³-hybridized carbons (Fsp3) is 0.429. The van der Waals surface area contributed by atoms with Crippen LogP contribution in [-0.2, 0) is 4.79 Å². The number of rotatable bonds is 5. The lowest BCUT2D eigenvalue weighted by atomic mass is 10.1. The molecule has 5 heteroatoms. The summed E-state index contributed by atoms with van der Waals surface area (Å²) in [5, 5.41) is 5.15. The molecule has 2 amide bonds. The van der Waals surface area contributed by atoms with E-state index in [4.69, 9.17) is 0 Å². The molecular weight excluding hydrogens is 247 g/mol. The van der Waals surface area contributed by atoms with Gasteiger partial charge in [0.1, 0.15) is 11.9 Å². The summed E-state index contributed by atoms with van der Waals surface area (Å²) in [6, 6.07) is 3.59. The molecule has 0 aliphatic rings. The van der Waals surface area contributed by atoms with E-state index in [9.17, 15) is 14.0 Å². The molecule has 2 N–H and O–H groups in total. The average molecular weight is 266 g/mol. The van der Waals surface area contributed by atoms with E-state index in [2.05, 4.69) is 10.6 Å². The lowest BCUT2D eigenvalue weighted by Crippen LogP contribution is -2.45. The number of benzene rings is 1. The molecule has 0 bridgehead atoms. The van der Waals surface area contributed by atoms with Gasteiger partial charge in [0, 0.05) is 6.54 Å². The molecule has 0 aliphatic heterocycles. The minimum Gasteiger partial charge on any atom is -0.354 e. The van der Waals surface area contributed by atoms with Crippen molar-refractivity contribution in [2.24, 2.45) is 0 Å². The molecule has 1 aromatic rings. The van der Waals surface area contributed by atoms with E-state index >= 15 is 0 Å². The van der Waals surface area contributed by atoms with Crippen LogP contribution in [-0.4, -0.2) is 24.4 Å². The van der Waals surface area contributed by atoms with Gasteiger partial charge in [-0.3, -0.25) is 9.59 Å². The Morgan fingerprint density at radius 2 is 2.05 bits per heavy atom. The van der Waals surface area contributed by atoms with E-state index in [0.29, 0.717) is 6.54 Å². The van der Waals surface area contributed by atoms with Crippen molar-refractivity contribution in [3.63, 3.8) is 0 Å². The first-order valence-corrected chi connectivity index (χ1v) is 6.30. The second-order valence-corrected chi connectivity index (χ2v) is 4.47. The highest BCUT2D eigenvalue weighted by atomic mass is 19.1. The Balaban J connectivity index is 2.68. The van der Waals surface area contributed by atoms with Crippen LogP contribution in [0.5, 0.6) is 0 Å². The molecule has 1 unspecified atom stereocenters. The highest BCUT2D eigenvalue weighted by Gasteiger charge is 2.18. The normalized spacial score (nSPS) is 11.8. The van der Waals surface area contributed by atoms with Crippen LogP contribution in [0.2, 0.25) is 0 Å². The van der Waals surface area contributed by atoms with Crippen LogP contribution in [0.4, 0.5) is 4.39 Å². The number of aryl methyl sites for hydroxylation is 1. The van der Waals surface area contributed by atoms with Crippen molar-refractivity contribution in [1.82, 2.24) is 10.6 Å². The number of carbonyl (C=O) groups excluding carboxylic acids is 2. The van der Waals surface area contributed by atoms with Crippen molar-refractivity contribution in [3.8, 4) is 0 Å². The van der Waals surface area contributed by atoms with Gasteiger partial charge in [-0.25, -0.2) is 4.39 Å². The summed E-state index contributed by atoms with van der Waals surface area (Å²) in [5.41, 5.74) is 0.741. The first-order chi connectivity index (χ1) is 8.95. The molecule has 1 rings (SSSR count).